The third kappa shape index (κ3) is 4.97. The minimum Gasteiger partial charge on any atom is -0.497 e. The minimum atomic E-state index is -0.422. The summed E-state index contributed by atoms with van der Waals surface area (Å²) < 4.78 is 27.2. The van der Waals surface area contributed by atoms with Crippen molar-refractivity contribution < 1.29 is 18.7 Å². The molecule has 0 aliphatic rings. The molecule has 0 saturated heterocycles. The van der Waals surface area contributed by atoms with Crippen LogP contribution < -0.4 is 9.47 Å². The summed E-state index contributed by atoms with van der Waals surface area (Å²) in [6.07, 6.45) is 0. The molecule has 6 nitrogen and oxygen atoms in total. The molecule has 0 N–H and O–H groups in total. The molecule has 0 amide bonds. The van der Waals surface area contributed by atoms with Gasteiger partial charge < -0.3 is 9.47 Å². The number of hydrogen-bond donors (Lipinski definition) is 0. The van der Waals surface area contributed by atoms with Gasteiger partial charge in [0.25, 0.3) is 0 Å². The summed E-state index contributed by atoms with van der Waals surface area (Å²) in [5, 5.41) is 8.80. The third-order valence-corrected chi connectivity index (χ3v) is 5.58. The van der Waals surface area contributed by atoms with Crippen LogP contribution in [0.1, 0.15) is 16.2 Å². The Morgan fingerprint density at radius 2 is 1.62 bits per heavy atom. The van der Waals surface area contributed by atoms with Crippen molar-refractivity contribution in [1.82, 2.24) is 14.8 Å². The number of methoxy groups -OCH3 is 1. The third-order valence-electron chi connectivity index (χ3n) is 4.65. The Morgan fingerprint density at radius 1 is 0.938 bits per heavy atom. The van der Waals surface area contributed by atoms with Gasteiger partial charge in [-0.3, -0.25) is 9.36 Å². The van der Waals surface area contributed by atoms with E-state index in [-0.39, 0.29) is 18.1 Å². The summed E-state index contributed by atoms with van der Waals surface area (Å²) in [7, 11) is 1.59. The van der Waals surface area contributed by atoms with Crippen LogP contribution in [0.15, 0.2) is 84.0 Å². The molecule has 162 valence electrons. The van der Waals surface area contributed by atoms with Crippen molar-refractivity contribution in [2.24, 2.45) is 0 Å². The second-order valence-electron chi connectivity index (χ2n) is 6.73. The molecule has 1 aromatic heterocycles. The van der Waals surface area contributed by atoms with Gasteiger partial charge in [-0.1, -0.05) is 54.2 Å². The molecular formula is C24H20FN3O3S. The molecule has 32 heavy (non-hydrogen) atoms. The summed E-state index contributed by atoms with van der Waals surface area (Å²) in [5.74, 6) is 1.43. The lowest BCUT2D eigenvalue weighted by atomic mass is 10.2. The van der Waals surface area contributed by atoms with Gasteiger partial charge in [-0.05, 0) is 36.4 Å². The minimum absolute atomic E-state index is 0.0466. The van der Waals surface area contributed by atoms with Crippen LogP contribution in [0.4, 0.5) is 4.39 Å². The van der Waals surface area contributed by atoms with E-state index < -0.39 is 5.82 Å². The van der Waals surface area contributed by atoms with Crippen LogP contribution in [-0.4, -0.2) is 33.4 Å². The van der Waals surface area contributed by atoms with Crippen LogP contribution in [0, 0.1) is 5.82 Å². The topological polar surface area (TPSA) is 66.2 Å². The highest BCUT2D eigenvalue weighted by molar-refractivity contribution is 7.99. The van der Waals surface area contributed by atoms with Gasteiger partial charge in [0.1, 0.15) is 23.9 Å². The summed E-state index contributed by atoms with van der Waals surface area (Å²) in [6, 6.07) is 22.5. The van der Waals surface area contributed by atoms with E-state index in [9.17, 15) is 9.18 Å². The molecule has 3 aromatic carbocycles. The number of hydrogen-bond acceptors (Lipinski definition) is 6. The summed E-state index contributed by atoms with van der Waals surface area (Å²) in [6.45, 7) is 0.0703. The zero-order valence-corrected chi connectivity index (χ0v) is 18.1. The second-order valence-corrected chi connectivity index (χ2v) is 7.67. The fraction of sp³-hybridized carbons (Fsp3) is 0.125. The van der Waals surface area contributed by atoms with Crippen molar-refractivity contribution >= 4 is 17.5 Å². The monoisotopic (exact) mass is 449 g/mol. The Morgan fingerprint density at radius 3 is 2.34 bits per heavy atom. The van der Waals surface area contributed by atoms with E-state index >= 15 is 0 Å². The second kappa shape index (κ2) is 10.1. The number of nitrogens with zero attached hydrogens (tertiary/aromatic N) is 3. The Hall–Kier alpha value is -3.65. The van der Waals surface area contributed by atoms with E-state index in [1.54, 1.807) is 66.3 Å². The number of para-hydroxylation sites is 1. The largest absolute Gasteiger partial charge is 0.497 e. The van der Waals surface area contributed by atoms with Crippen molar-refractivity contribution in [3.8, 4) is 17.2 Å². The van der Waals surface area contributed by atoms with Crippen molar-refractivity contribution in [2.45, 2.75) is 11.8 Å². The maximum absolute atomic E-state index is 14.6. The molecule has 1 heterocycles. The highest BCUT2D eigenvalue weighted by Crippen LogP contribution is 2.26. The van der Waals surface area contributed by atoms with Gasteiger partial charge in [0.05, 0.1) is 18.6 Å². The first-order valence-corrected chi connectivity index (χ1v) is 10.8. The van der Waals surface area contributed by atoms with E-state index in [1.165, 1.54) is 17.8 Å². The number of carbonyl (C=O) groups excluding carboxylic acids is 1. The Kier molecular flexibility index (Phi) is 6.81. The maximum atomic E-state index is 14.6. The summed E-state index contributed by atoms with van der Waals surface area (Å²) in [4.78, 5) is 12.5. The molecule has 0 spiro atoms. The molecule has 0 fully saturated rings. The van der Waals surface area contributed by atoms with Crippen LogP contribution >= 0.6 is 11.8 Å². The number of halogens is 1. The lowest BCUT2D eigenvalue weighted by Gasteiger charge is -2.12. The van der Waals surface area contributed by atoms with Gasteiger partial charge in [-0.25, -0.2) is 4.39 Å². The van der Waals surface area contributed by atoms with Crippen molar-refractivity contribution in [2.75, 3.05) is 12.9 Å². The average Bonchev–Trinajstić information content (AvgIpc) is 3.25. The number of aromatic nitrogens is 3. The first-order valence-electron chi connectivity index (χ1n) is 9.83. The van der Waals surface area contributed by atoms with Gasteiger partial charge in [0.2, 0.25) is 0 Å². The van der Waals surface area contributed by atoms with Crippen molar-refractivity contribution in [3.63, 3.8) is 0 Å². The quantitative estimate of drug-likeness (QED) is 0.266. The summed E-state index contributed by atoms with van der Waals surface area (Å²) in [5.41, 5.74) is 0.903. The van der Waals surface area contributed by atoms with E-state index in [1.807, 2.05) is 18.2 Å². The SMILES string of the molecule is COc1ccc(OCc2nnc(SCC(=O)c3ccccc3)n2-c2ccccc2F)cc1. The number of rotatable bonds is 9. The fourth-order valence-electron chi connectivity index (χ4n) is 3.02. The predicted octanol–water partition coefficient (Wildman–Crippen LogP) is 4.97. The lowest BCUT2D eigenvalue weighted by Crippen LogP contribution is -2.09. The number of carbonyl (C=O) groups is 1. The first kappa shape index (κ1) is 21.6. The molecule has 0 saturated carbocycles. The molecule has 0 bridgehead atoms. The molecule has 8 heteroatoms. The van der Waals surface area contributed by atoms with Gasteiger partial charge in [-0.15, -0.1) is 10.2 Å². The van der Waals surface area contributed by atoms with Crippen molar-refractivity contribution in [1.29, 1.82) is 0 Å². The smallest absolute Gasteiger partial charge is 0.196 e. The van der Waals surface area contributed by atoms with Crippen LogP contribution in [0.25, 0.3) is 5.69 Å². The normalized spacial score (nSPS) is 10.7. The standard InChI is InChI=1S/C24H20FN3O3S/c1-30-18-11-13-19(14-12-18)31-15-23-26-27-24(28(23)21-10-6-5-9-20(21)25)32-16-22(29)17-7-3-2-4-8-17/h2-14H,15-16H2,1H3. The summed E-state index contributed by atoms with van der Waals surface area (Å²) >= 11 is 1.20. The highest BCUT2D eigenvalue weighted by atomic mass is 32.2. The van der Waals surface area contributed by atoms with E-state index in [4.69, 9.17) is 9.47 Å². The van der Waals surface area contributed by atoms with Crippen molar-refractivity contribution in [3.05, 3.63) is 96.1 Å². The first-order chi connectivity index (χ1) is 15.7. The Bertz CT molecular complexity index is 1200. The fourth-order valence-corrected chi connectivity index (χ4v) is 3.88. The molecule has 0 unspecified atom stereocenters. The maximum Gasteiger partial charge on any atom is 0.196 e. The number of benzene rings is 3. The van der Waals surface area contributed by atoms with E-state index in [0.717, 1.165) is 0 Å². The number of ketones is 1. The predicted molar refractivity (Wildman–Crippen MR) is 120 cm³/mol. The Labute approximate surface area is 189 Å². The molecule has 0 atom stereocenters. The Balaban J connectivity index is 1.57. The zero-order valence-electron chi connectivity index (χ0n) is 17.3. The lowest BCUT2D eigenvalue weighted by molar-refractivity contribution is 0.102. The molecular weight excluding hydrogens is 429 g/mol. The van der Waals surface area contributed by atoms with Gasteiger partial charge >= 0.3 is 0 Å². The van der Waals surface area contributed by atoms with Gasteiger partial charge in [0, 0.05) is 5.56 Å². The van der Waals surface area contributed by atoms with Crippen LogP contribution in [-0.2, 0) is 6.61 Å². The average molecular weight is 450 g/mol. The van der Waals surface area contributed by atoms with Crippen LogP contribution in [0.2, 0.25) is 0 Å². The highest BCUT2D eigenvalue weighted by Gasteiger charge is 2.19. The molecule has 0 radical (unpaired) electrons. The molecule has 4 rings (SSSR count). The van der Waals surface area contributed by atoms with Gasteiger partial charge in [0.15, 0.2) is 16.8 Å². The molecule has 4 aromatic rings. The van der Waals surface area contributed by atoms with Crippen LogP contribution in [0.3, 0.4) is 0 Å². The van der Waals surface area contributed by atoms with E-state index in [2.05, 4.69) is 10.2 Å². The molecule has 0 aliphatic carbocycles. The van der Waals surface area contributed by atoms with Crippen LogP contribution in [0.5, 0.6) is 11.5 Å². The molecule has 0 aliphatic heterocycles. The number of ether oxygens (including phenoxy) is 2. The van der Waals surface area contributed by atoms with E-state index in [0.29, 0.717) is 33.7 Å². The van der Waals surface area contributed by atoms with Gasteiger partial charge in [-0.2, -0.15) is 0 Å². The zero-order chi connectivity index (χ0) is 22.3. The number of Topliss-reactive ketones (excluding diaryl/α,β-unsaturated/α-hetero) is 1. The number of thioether (sulfide) groups is 1.